The standard InChI is InChI=1S/C12H10BrFN6O3.HI/c13-7-5-6(1-2-8(7)14)20-11(19-22-12(20)21)9-10(16-4-3-15)18-23-17-9;/h1-2,5H,3-4,15H2,(H,16,18);1H. The van der Waals surface area contributed by atoms with Crippen LogP contribution in [0.15, 0.2) is 36.6 Å². The Morgan fingerprint density at radius 3 is 2.83 bits per heavy atom. The van der Waals surface area contributed by atoms with E-state index in [4.69, 9.17) is 5.73 Å². The van der Waals surface area contributed by atoms with Crippen LogP contribution in [-0.2, 0) is 0 Å². The van der Waals surface area contributed by atoms with Crippen LogP contribution < -0.4 is 16.8 Å². The molecule has 3 aromatic rings. The van der Waals surface area contributed by atoms with Crippen molar-refractivity contribution in [3.63, 3.8) is 0 Å². The van der Waals surface area contributed by atoms with Gasteiger partial charge >= 0.3 is 5.76 Å². The minimum atomic E-state index is -0.758. The normalized spacial score (nSPS) is 10.5. The van der Waals surface area contributed by atoms with Crippen LogP contribution in [0.5, 0.6) is 0 Å². The average molecular weight is 513 g/mol. The number of nitrogens with two attached hydrogens (primary N) is 1. The summed E-state index contributed by atoms with van der Waals surface area (Å²) in [6.07, 6.45) is 0. The highest BCUT2D eigenvalue weighted by Gasteiger charge is 2.22. The second-order valence-electron chi connectivity index (χ2n) is 4.38. The van der Waals surface area contributed by atoms with Gasteiger partial charge in [0.15, 0.2) is 5.69 Å². The van der Waals surface area contributed by atoms with Crippen molar-refractivity contribution in [2.45, 2.75) is 0 Å². The first-order chi connectivity index (χ1) is 11.1. The van der Waals surface area contributed by atoms with E-state index in [1.807, 2.05) is 0 Å². The van der Waals surface area contributed by atoms with Gasteiger partial charge in [-0.3, -0.25) is 4.52 Å². The highest BCUT2D eigenvalue weighted by molar-refractivity contribution is 14.0. The maximum absolute atomic E-state index is 13.4. The molecule has 12 heteroatoms. The fraction of sp³-hybridized carbons (Fsp3) is 0.167. The molecule has 1 aromatic carbocycles. The second kappa shape index (κ2) is 7.85. The van der Waals surface area contributed by atoms with Gasteiger partial charge in [-0.15, -0.1) is 24.0 Å². The van der Waals surface area contributed by atoms with E-state index < -0.39 is 11.6 Å². The number of anilines is 1. The van der Waals surface area contributed by atoms with Crippen molar-refractivity contribution in [3.8, 4) is 17.2 Å². The Balaban J connectivity index is 0.00000208. The van der Waals surface area contributed by atoms with Gasteiger partial charge in [-0.1, -0.05) is 5.16 Å². The zero-order valence-electron chi connectivity index (χ0n) is 11.9. The highest BCUT2D eigenvalue weighted by atomic mass is 127. The van der Waals surface area contributed by atoms with Gasteiger partial charge in [0.05, 0.1) is 10.2 Å². The number of nitrogens with zero attached hydrogens (tertiary/aromatic N) is 4. The number of halogens is 3. The van der Waals surface area contributed by atoms with Gasteiger partial charge in [0.1, 0.15) is 5.82 Å². The fourth-order valence-electron chi connectivity index (χ4n) is 1.89. The van der Waals surface area contributed by atoms with E-state index >= 15 is 0 Å². The minimum absolute atomic E-state index is 0. The van der Waals surface area contributed by atoms with E-state index in [0.717, 1.165) is 4.57 Å². The summed E-state index contributed by atoms with van der Waals surface area (Å²) in [6, 6.07) is 4.03. The van der Waals surface area contributed by atoms with Crippen LogP contribution >= 0.6 is 39.9 Å². The Morgan fingerprint density at radius 2 is 2.12 bits per heavy atom. The number of aromatic nitrogens is 4. The monoisotopic (exact) mass is 512 g/mol. The molecule has 0 aliphatic carbocycles. The maximum Gasteiger partial charge on any atom is 0.446 e. The summed E-state index contributed by atoms with van der Waals surface area (Å²) in [5.74, 6) is -0.896. The zero-order chi connectivity index (χ0) is 16.4. The van der Waals surface area contributed by atoms with Crippen molar-refractivity contribution in [2.24, 2.45) is 5.73 Å². The van der Waals surface area contributed by atoms with Gasteiger partial charge in [0, 0.05) is 13.1 Å². The first kappa shape index (κ1) is 18.5. The van der Waals surface area contributed by atoms with Crippen LogP contribution in [0.25, 0.3) is 17.2 Å². The molecule has 0 spiro atoms. The molecule has 0 saturated carbocycles. The quantitative estimate of drug-likeness (QED) is 0.495. The number of hydrogen-bond donors (Lipinski definition) is 2. The van der Waals surface area contributed by atoms with E-state index in [1.54, 1.807) is 0 Å². The van der Waals surface area contributed by atoms with E-state index in [2.05, 4.69) is 45.9 Å². The molecule has 0 fully saturated rings. The Hall–Kier alpha value is -1.80. The highest BCUT2D eigenvalue weighted by Crippen LogP contribution is 2.25. The molecule has 0 bridgehead atoms. The molecule has 0 radical (unpaired) electrons. The topological polar surface area (TPSA) is 125 Å². The molecule has 3 rings (SSSR count). The lowest BCUT2D eigenvalue weighted by molar-refractivity contribution is 0.309. The van der Waals surface area contributed by atoms with Gasteiger partial charge in [0.25, 0.3) is 0 Å². The molecule has 9 nitrogen and oxygen atoms in total. The first-order valence-electron chi connectivity index (χ1n) is 6.43. The summed E-state index contributed by atoms with van der Waals surface area (Å²) >= 11 is 3.06. The smallest absolute Gasteiger partial charge is 0.364 e. The second-order valence-corrected chi connectivity index (χ2v) is 5.24. The molecule has 0 aliphatic heterocycles. The van der Waals surface area contributed by atoms with Crippen LogP contribution in [-0.4, -0.2) is 33.1 Å². The predicted octanol–water partition coefficient (Wildman–Crippen LogP) is 1.77. The molecular weight excluding hydrogens is 502 g/mol. The number of benzene rings is 1. The average Bonchev–Trinajstić information content (AvgIpc) is 3.14. The third kappa shape index (κ3) is 3.49. The Bertz CT molecular complexity index is 895. The van der Waals surface area contributed by atoms with Crippen molar-refractivity contribution in [2.75, 3.05) is 18.4 Å². The lowest BCUT2D eigenvalue weighted by Gasteiger charge is -2.05. The molecule has 3 N–H and O–H groups in total. The number of rotatable bonds is 5. The molecule has 0 amide bonds. The van der Waals surface area contributed by atoms with Gasteiger partial charge < -0.3 is 11.1 Å². The summed E-state index contributed by atoms with van der Waals surface area (Å²) in [4.78, 5) is 12.0. The van der Waals surface area contributed by atoms with E-state index in [1.165, 1.54) is 18.2 Å². The molecular formula is C12H11BrFIN6O3. The largest absolute Gasteiger partial charge is 0.446 e. The van der Waals surface area contributed by atoms with Crippen molar-refractivity contribution in [1.29, 1.82) is 0 Å². The molecule has 2 aromatic heterocycles. The number of nitrogens with one attached hydrogen (secondary N) is 1. The summed E-state index contributed by atoms with van der Waals surface area (Å²) < 4.78 is 24.1. The van der Waals surface area contributed by atoms with E-state index in [0.29, 0.717) is 18.8 Å². The first-order valence-corrected chi connectivity index (χ1v) is 7.22. The van der Waals surface area contributed by atoms with Crippen molar-refractivity contribution in [1.82, 2.24) is 20.0 Å². The summed E-state index contributed by atoms with van der Waals surface area (Å²) in [6.45, 7) is 0.786. The molecule has 0 atom stereocenters. The summed E-state index contributed by atoms with van der Waals surface area (Å²) in [5.41, 5.74) is 5.93. The van der Waals surface area contributed by atoms with E-state index in [-0.39, 0.29) is 45.8 Å². The molecule has 0 aliphatic rings. The fourth-order valence-corrected chi connectivity index (χ4v) is 2.26. The Labute approximate surface area is 159 Å². The maximum atomic E-state index is 13.4. The van der Waals surface area contributed by atoms with Crippen LogP contribution in [0.2, 0.25) is 0 Å². The van der Waals surface area contributed by atoms with Gasteiger partial charge in [-0.2, -0.15) is 0 Å². The molecule has 24 heavy (non-hydrogen) atoms. The predicted molar refractivity (Wildman–Crippen MR) is 96.0 cm³/mol. The summed E-state index contributed by atoms with van der Waals surface area (Å²) in [7, 11) is 0. The van der Waals surface area contributed by atoms with Crippen molar-refractivity contribution >= 4 is 45.7 Å². The van der Waals surface area contributed by atoms with Crippen LogP contribution in [0.3, 0.4) is 0 Å². The van der Waals surface area contributed by atoms with Crippen LogP contribution in [0.1, 0.15) is 0 Å². The molecule has 2 heterocycles. The Morgan fingerprint density at radius 1 is 1.33 bits per heavy atom. The third-order valence-electron chi connectivity index (χ3n) is 2.90. The Kier molecular flexibility index (Phi) is 6.06. The van der Waals surface area contributed by atoms with E-state index in [9.17, 15) is 9.18 Å². The van der Waals surface area contributed by atoms with Gasteiger partial charge in [0.2, 0.25) is 11.6 Å². The SMILES string of the molecule is I.NCCNc1nonc1-c1noc(=O)n1-c1ccc(F)c(Br)c1. The zero-order valence-corrected chi connectivity index (χ0v) is 15.8. The lowest BCUT2D eigenvalue weighted by Crippen LogP contribution is -2.16. The van der Waals surface area contributed by atoms with Gasteiger partial charge in [-0.05, 0) is 44.4 Å². The summed E-state index contributed by atoms with van der Waals surface area (Å²) in [5, 5.41) is 14.0. The van der Waals surface area contributed by atoms with Crippen LogP contribution in [0.4, 0.5) is 10.2 Å². The third-order valence-corrected chi connectivity index (χ3v) is 3.51. The van der Waals surface area contributed by atoms with Crippen LogP contribution in [0, 0.1) is 5.82 Å². The lowest BCUT2D eigenvalue weighted by atomic mass is 10.3. The molecule has 0 unspecified atom stereocenters. The molecule has 128 valence electrons. The van der Waals surface area contributed by atoms with Crippen molar-refractivity contribution in [3.05, 3.63) is 39.0 Å². The number of hydrogen-bond acceptors (Lipinski definition) is 8. The molecule has 0 saturated heterocycles. The van der Waals surface area contributed by atoms with Crippen molar-refractivity contribution < 1.29 is 13.5 Å². The minimum Gasteiger partial charge on any atom is -0.364 e. The van der Waals surface area contributed by atoms with Gasteiger partial charge in [-0.25, -0.2) is 18.4 Å².